The summed E-state index contributed by atoms with van der Waals surface area (Å²) in [6, 6.07) is 19.3. The molecule has 0 fully saturated rings. The van der Waals surface area contributed by atoms with Crippen molar-refractivity contribution in [1.29, 1.82) is 0 Å². The summed E-state index contributed by atoms with van der Waals surface area (Å²) in [7, 11) is 0. The van der Waals surface area contributed by atoms with Crippen LogP contribution in [0.3, 0.4) is 0 Å². The molecule has 1 aromatic heterocycles. The van der Waals surface area contributed by atoms with Crippen LogP contribution in [-0.4, -0.2) is 23.9 Å². The molecule has 0 spiro atoms. The fourth-order valence-electron chi connectivity index (χ4n) is 3.49. The molecule has 3 heteroatoms. The second kappa shape index (κ2) is 8.26. The van der Waals surface area contributed by atoms with Crippen LogP contribution in [0.4, 0.5) is 11.4 Å². The van der Waals surface area contributed by atoms with Crippen LogP contribution in [0.5, 0.6) is 0 Å². The van der Waals surface area contributed by atoms with Crippen molar-refractivity contribution >= 4 is 17.6 Å². The maximum Gasteiger partial charge on any atom is 0.0631 e. The Hall–Kier alpha value is -2.81. The van der Waals surface area contributed by atoms with Gasteiger partial charge < -0.3 is 9.47 Å². The molecule has 0 atom stereocenters. The number of nitrogens with zero attached hydrogens (tertiary/aromatic N) is 3. The highest BCUT2D eigenvalue weighted by molar-refractivity contribution is 5.84. The van der Waals surface area contributed by atoms with E-state index in [2.05, 4.69) is 98.7 Å². The topological polar surface area (TPSA) is 20.5 Å². The van der Waals surface area contributed by atoms with Gasteiger partial charge in [-0.2, -0.15) is 0 Å². The number of hydrogen-bond donors (Lipinski definition) is 0. The molecule has 0 saturated carbocycles. The van der Waals surface area contributed by atoms with E-state index >= 15 is 0 Å². The van der Waals surface area contributed by atoms with Crippen molar-refractivity contribution in [2.24, 2.45) is 4.99 Å². The van der Waals surface area contributed by atoms with Crippen LogP contribution in [0.15, 0.2) is 59.6 Å². The number of rotatable bonds is 6. The minimum Gasteiger partial charge on any atom is -0.372 e. The van der Waals surface area contributed by atoms with Crippen LogP contribution in [0.25, 0.3) is 5.69 Å². The first-order chi connectivity index (χ1) is 13.0. The largest absolute Gasteiger partial charge is 0.372 e. The molecule has 2 aromatic carbocycles. The lowest BCUT2D eigenvalue weighted by molar-refractivity contribution is 0.866. The summed E-state index contributed by atoms with van der Waals surface area (Å²) in [5.41, 5.74) is 8.27. The summed E-state index contributed by atoms with van der Waals surface area (Å²) in [5, 5.41) is 0. The highest BCUT2D eigenvalue weighted by atomic mass is 15.1. The van der Waals surface area contributed by atoms with Gasteiger partial charge in [0.05, 0.1) is 5.69 Å². The van der Waals surface area contributed by atoms with Crippen molar-refractivity contribution in [1.82, 2.24) is 4.57 Å². The van der Waals surface area contributed by atoms with Crippen LogP contribution in [0, 0.1) is 20.8 Å². The van der Waals surface area contributed by atoms with Crippen LogP contribution < -0.4 is 4.90 Å². The summed E-state index contributed by atoms with van der Waals surface area (Å²) in [4.78, 5) is 7.03. The zero-order chi connectivity index (χ0) is 19.4. The zero-order valence-corrected chi connectivity index (χ0v) is 17.0. The smallest absolute Gasteiger partial charge is 0.0631 e. The van der Waals surface area contributed by atoms with Gasteiger partial charge in [0.15, 0.2) is 0 Å². The predicted molar refractivity (Wildman–Crippen MR) is 117 cm³/mol. The van der Waals surface area contributed by atoms with E-state index in [0.29, 0.717) is 0 Å². The molecule has 3 rings (SSSR count). The Morgan fingerprint density at radius 1 is 0.889 bits per heavy atom. The molecule has 0 saturated heterocycles. The van der Waals surface area contributed by atoms with E-state index in [0.717, 1.165) is 24.3 Å². The quantitative estimate of drug-likeness (QED) is 0.494. The van der Waals surface area contributed by atoms with Crippen LogP contribution in [0.2, 0.25) is 0 Å². The molecule has 140 valence electrons. The van der Waals surface area contributed by atoms with E-state index in [1.807, 2.05) is 6.21 Å². The monoisotopic (exact) mass is 359 g/mol. The average molecular weight is 360 g/mol. The van der Waals surface area contributed by atoms with E-state index in [4.69, 9.17) is 4.99 Å². The molecule has 0 radical (unpaired) electrons. The first-order valence-electron chi connectivity index (χ1n) is 9.68. The minimum atomic E-state index is 0.978. The van der Waals surface area contributed by atoms with Crippen LogP contribution in [0.1, 0.15) is 36.4 Å². The molecule has 0 aliphatic heterocycles. The molecule has 0 amide bonds. The maximum atomic E-state index is 4.69. The Morgan fingerprint density at radius 3 is 2.11 bits per heavy atom. The molecular weight excluding hydrogens is 330 g/mol. The van der Waals surface area contributed by atoms with E-state index in [9.17, 15) is 0 Å². The van der Waals surface area contributed by atoms with Crippen molar-refractivity contribution in [3.8, 4) is 5.69 Å². The summed E-state index contributed by atoms with van der Waals surface area (Å²) in [6.07, 6.45) is 1.97. The minimum absolute atomic E-state index is 0.978. The van der Waals surface area contributed by atoms with Crippen LogP contribution >= 0.6 is 0 Å². The fourth-order valence-corrected chi connectivity index (χ4v) is 3.49. The zero-order valence-electron chi connectivity index (χ0n) is 17.0. The second-order valence-electron chi connectivity index (χ2n) is 6.94. The van der Waals surface area contributed by atoms with Gasteiger partial charge in [0, 0.05) is 47.6 Å². The Labute approximate surface area is 163 Å². The first-order valence-corrected chi connectivity index (χ1v) is 9.68. The summed E-state index contributed by atoms with van der Waals surface area (Å²) >= 11 is 0. The summed E-state index contributed by atoms with van der Waals surface area (Å²) in [6.45, 7) is 12.8. The molecule has 0 aliphatic rings. The first kappa shape index (κ1) is 19.0. The molecule has 1 heterocycles. The molecule has 0 N–H and O–H groups in total. The Morgan fingerprint density at radius 2 is 1.52 bits per heavy atom. The number of aromatic nitrogens is 1. The van der Waals surface area contributed by atoms with Gasteiger partial charge in [-0.3, -0.25) is 4.99 Å². The number of aryl methyl sites for hydroxylation is 2. The Kier molecular flexibility index (Phi) is 5.80. The van der Waals surface area contributed by atoms with Crippen molar-refractivity contribution in [2.45, 2.75) is 34.6 Å². The van der Waals surface area contributed by atoms with Crippen molar-refractivity contribution < 1.29 is 0 Å². The van der Waals surface area contributed by atoms with Gasteiger partial charge in [-0.05, 0) is 77.1 Å². The van der Waals surface area contributed by atoms with E-state index in [1.54, 1.807) is 0 Å². The molecule has 0 bridgehead atoms. The summed E-state index contributed by atoms with van der Waals surface area (Å²) < 4.78 is 2.28. The normalized spacial score (nSPS) is 11.3. The molecule has 3 aromatic rings. The standard InChI is InChI=1S/C24H29N3/c1-6-26(7-2)23-14-10-22(11-15-23)25-17-21-16-19(4)27(20(21)5)24-12-8-18(3)9-13-24/h8-17H,6-7H2,1-5H3. The highest BCUT2D eigenvalue weighted by Crippen LogP contribution is 2.22. The summed E-state index contributed by atoms with van der Waals surface area (Å²) in [5.74, 6) is 0. The molecule has 0 unspecified atom stereocenters. The maximum absolute atomic E-state index is 4.69. The van der Waals surface area contributed by atoms with Gasteiger partial charge in [-0.1, -0.05) is 17.7 Å². The molecular formula is C24H29N3. The van der Waals surface area contributed by atoms with Gasteiger partial charge in [0.25, 0.3) is 0 Å². The number of hydrogen-bond acceptors (Lipinski definition) is 2. The predicted octanol–water partition coefficient (Wildman–Crippen LogP) is 6.00. The number of benzene rings is 2. The molecule has 3 nitrogen and oxygen atoms in total. The third-order valence-corrected chi connectivity index (χ3v) is 5.09. The van der Waals surface area contributed by atoms with Crippen molar-refractivity contribution in [3.63, 3.8) is 0 Å². The van der Waals surface area contributed by atoms with Gasteiger partial charge in [-0.25, -0.2) is 0 Å². The second-order valence-corrected chi connectivity index (χ2v) is 6.94. The number of anilines is 1. The van der Waals surface area contributed by atoms with Gasteiger partial charge >= 0.3 is 0 Å². The van der Waals surface area contributed by atoms with E-state index in [1.165, 1.54) is 28.3 Å². The van der Waals surface area contributed by atoms with Crippen molar-refractivity contribution in [2.75, 3.05) is 18.0 Å². The van der Waals surface area contributed by atoms with Crippen molar-refractivity contribution in [3.05, 3.63) is 77.1 Å². The third kappa shape index (κ3) is 4.13. The Balaban J connectivity index is 1.84. The number of aliphatic imine (C=N–C) groups is 1. The highest BCUT2D eigenvalue weighted by Gasteiger charge is 2.09. The molecule has 27 heavy (non-hydrogen) atoms. The van der Waals surface area contributed by atoms with E-state index < -0.39 is 0 Å². The SMILES string of the molecule is CCN(CC)c1ccc(N=Cc2cc(C)n(-c3ccc(C)cc3)c2C)cc1. The van der Waals surface area contributed by atoms with Crippen LogP contribution in [-0.2, 0) is 0 Å². The van der Waals surface area contributed by atoms with E-state index in [-0.39, 0.29) is 0 Å². The average Bonchev–Trinajstić information content (AvgIpc) is 2.96. The molecule has 0 aliphatic carbocycles. The Bertz CT molecular complexity index is 912. The lowest BCUT2D eigenvalue weighted by Gasteiger charge is -2.20. The lowest BCUT2D eigenvalue weighted by Crippen LogP contribution is -2.21. The fraction of sp³-hybridized carbons (Fsp3) is 0.292. The van der Waals surface area contributed by atoms with Gasteiger partial charge in [0.1, 0.15) is 0 Å². The third-order valence-electron chi connectivity index (χ3n) is 5.09. The van der Waals surface area contributed by atoms with Gasteiger partial charge in [0.2, 0.25) is 0 Å². The lowest BCUT2D eigenvalue weighted by atomic mass is 10.2. The van der Waals surface area contributed by atoms with Gasteiger partial charge in [-0.15, -0.1) is 0 Å².